The fourth-order valence-electron chi connectivity index (χ4n) is 3.35. The molecule has 19 heavy (non-hydrogen) atoms. The summed E-state index contributed by atoms with van der Waals surface area (Å²) in [6, 6.07) is 3.08. The van der Waals surface area contributed by atoms with Gasteiger partial charge in [-0.05, 0) is 32.4 Å². The summed E-state index contributed by atoms with van der Waals surface area (Å²) in [6.07, 6.45) is 6.27. The van der Waals surface area contributed by atoms with Gasteiger partial charge in [-0.1, -0.05) is 12.2 Å². The van der Waals surface area contributed by atoms with E-state index in [1.165, 1.54) is 19.4 Å². The Morgan fingerprint density at radius 2 is 2.32 bits per heavy atom. The predicted molar refractivity (Wildman–Crippen MR) is 81.5 cm³/mol. The molecule has 0 amide bonds. The minimum absolute atomic E-state index is 0.457. The molecule has 0 saturated carbocycles. The normalized spacial score (nSPS) is 27.3. The van der Waals surface area contributed by atoms with E-state index in [0.29, 0.717) is 17.1 Å². The van der Waals surface area contributed by atoms with Crippen LogP contribution < -0.4 is 10.6 Å². The van der Waals surface area contributed by atoms with Gasteiger partial charge in [0.05, 0.1) is 11.9 Å². The summed E-state index contributed by atoms with van der Waals surface area (Å²) in [5.74, 6) is 0. The molecule has 2 aliphatic heterocycles. The largest absolute Gasteiger partial charge is 0.389 e. The van der Waals surface area contributed by atoms with E-state index in [1.807, 2.05) is 12.3 Å². The van der Waals surface area contributed by atoms with E-state index in [4.69, 9.17) is 18.0 Å². The van der Waals surface area contributed by atoms with Gasteiger partial charge in [0.1, 0.15) is 4.99 Å². The number of nitrogens with two attached hydrogens (primary N) is 1. The Balaban J connectivity index is 1.91. The summed E-state index contributed by atoms with van der Waals surface area (Å²) in [4.78, 5) is 9.74. The van der Waals surface area contributed by atoms with Crippen molar-refractivity contribution in [2.75, 3.05) is 24.5 Å². The number of anilines is 1. The molecule has 2 fully saturated rings. The topological polar surface area (TPSA) is 45.4 Å². The molecule has 1 aromatic rings. The molecule has 0 bridgehead atoms. The van der Waals surface area contributed by atoms with Gasteiger partial charge < -0.3 is 10.6 Å². The van der Waals surface area contributed by atoms with Crippen LogP contribution in [0.3, 0.4) is 0 Å². The lowest BCUT2D eigenvalue weighted by atomic mass is 10.1. The van der Waals surface area contributed by atoms with Gasteiger partial charge in [-0.15, -0.1) is 0 Å². The summed E-state index contributed by atoms with van der Waals surface area (Å²) in [5, 5.41) is 0. The van der Waals surface area contributed by atoms with Crippen molar-refractivity contribution in [2.24, 2.45) is 5.73 Å². The van der Waals surface area contributed by atoms with Crippen molar-refractivity contribution < 1.29 is 0 Å². The van der Waals surface area contributed by atoms with E-state index < -0.39 is 0 Å². The van der Waals surface area contributed by atoms with Gasteiger partial charge in [-0.3, -0.25) is 9.88 Å². The minimum atomic E-state index is 0.457. The molecule has 0 radical (unpaired) electrons. The van der Waals surface area contributed by atoms with Crippen molar-refractivity contribution in [1.82, 2.24) is 9.88 Å². The molecule has 2 unspecified atom stereocenters. The van der Waals surface area contributed by atoms with Gasteiger partial charge in [0.25, 0.3) is 0 Å². The van der Waals surface area contributed by atoms with Crippen molar-refractivity contribution in [3.05, 3.63) is 24.0 Å². The standard InChI is InChI=1S/C14H20N4S/c1-10-8-17-6-2-3-11(17)9-18(10)13-7-16-5-4-12(13)14(15)19/h4-5,7,10-11H,2-3,6,8-9H2,1H3,(H2,15,19). The lowest BCUT2D eigenvalue weighted by Crippen LogP contribution is -2.55. The highest BCUT2D eigenvalue weighted by Gasteiger charge is 2.35. The van der Waals surface area contributed by atoms with Gasteiger partial charge in [-0.2, -0.15) is 0 Å². The molecule has 0 aliphatic carbocycles. The van der Waals surface area contributed by atoms with Crippen molar-refractivity contribution in [3.8, 4) is 0 Å². The van der Waals surface area contributed by atoms with Gasteiger partial charge in [-0.25, -0.2) is 0 Å². The molecule has 2 saturated heterocycles. The van der Waals surface area contributed by atoms with Crippen LogP contribution in [0.1, 0.15) is 25.3 Å². The molecule has 4 nitrogen and oxygen atoms in total. The second-order valence-corrected chi connectivity index (χ2v) is 5.99. The van der Waals surface area contributed by atoms with Crippen LogP contribution in [0.2, 0.25) is 0 Å². The molecule has 0 aromatic carbocycles. The number of hydrogen-bond donors (Lipinski definition) is 1. The quantitative estimate of drug-likeness (QED) is 0.827. The zero-order valence-corrected chi connectivity index (χ0v) is 12.1. The van der Waals surface area contributed by atoms with Crippen LogP contribution in [-0.4, -0.2) is 46.6 Å². The van der Waals surface area contributed by atoms with Gasteiger partial charge in [0.15, 0.2) is 0 Å². The lowest BCUT2D eigenvalue weighted by Gasteiger charge is -2.44. The second-order valence-electron chi connectivity index (χ2n) is 5.55. The number of thiocarbonyl (C=S) groups is 1. The zero-order valence-electron chi connectivity index (χ0n) is 11.2. The monoisotopic (exact) mass is 276 g/mol. The van der Waals surface area contributed by atoms with Crippen molar-refractivity contribution in [2.45, 2.75) is 31.8 Å². The summed E-state index contributed by atoms with van der Waals surface area (Å²) >= 11 is 5.16. The third-order valence-electron chi connectivity index (χ3n) is 4.31. The first kappa shape index (κ1) is 12.8. The summed E-state index contributed by atoms with van der Waals surface area (Å²) in [7, 11) is 0. The molecule has 102 valence electrons. The van der Waals surface area contributed by atoms with Gasteiger partial charge in [0, 0.05) is 36.9 Å². The van der Waals surface area contributed by atoms with Crippen LogP contribution in [0.4, 0.5) is 5.69 Å². The van der Waals surface area contributed by atoms with Crippen molar-refractivity contribution >= 4 is 22.9 Å². The number of hydrogen-bond acceptors (Lipinski definition) is 4. The minimum Gasteiger partial charge on any atom is -0.389 e. The van der Waals surface area contributed by atoms with E-state index in [2.05, 4.69) is 21.7 Å². The highest BCUT2D eigenvalue weighted by Crippen LogP contribution is 2.30. The molecule has 0 spiro atoms. The van der Waals surface area contributed by atoms with E-state index in [1.54, 1.807) is 6.20 Å². The maximum atomic E-state index is 5.84. The van der Waals surface area contributed by atoms with Crippen LogP contribution in [0.25, 0.3) is 0 Å². The number of piperazine rings is 1. The number of fused-ring (bicyclic) bond motifs is 1. The van der Waals surface area contributed by atoms with E-state index in [-0.39, 0.29) is 0 Å². The van der Waals surface area contributed by atoms with Crippen LogP contribution in [0.5, 0.6) is 0 Å². The molecule has 2 atom stereocenters. The fourth-order valence-corrected chi connectivity index (χ4v) is 3.52. The van der Waals surface area contributed by atoms with Crippen molar-refractivity contribution in [3.63, 3.8) is 0 Å². The Kier molecular flexibility index (Phi) is 3.41. The Morgan fingerprint density at radius 1 is 1.47 bits per heavy atom. The lowest BCUT2D eigenvalue weighted by molar-refractivity contribution is 0.203. The fraction of sp³-hybridized carbons (Fsp3) is 0.571. The predicted octanol–water partition coefficient (Wildman–Crippen LogP) is 1.39. The third kappa shape index (κ3) is 2.32. The van der Waals surface area contributed by atoms with Crippen LogP contribution in [0.15, 0.2) is 18.5 Å². The third-order valence-corrected chi connectivity index (χ3v) is 4.53. The number of nitrogens with zero attached hydrogens (tertiary/aromatic N) is 3. The molecular formula is C14H20N4S. The second kappa shape index (κ2) is 5.06. The SMILES string of the molecule is CC1CN2CCCC2CN1c1cnccc1C(N)=S. The Hall–Kier alpha value is -1.20. The number of rotatable bonds is 2. The van der Waals surface area contributed by atoms with E-state index in [9.17, 15) is 0 Å². The summed E-state index contributed by atoms with van der Waals surface area (Å²) in [5.41, 5.74) is 7.88. The average molecular weight is 276 g/mol. The highest BCUT2D eigenvalue weighted by molar-refractivity contribution is 7.80. The smallest absolute Gasteiger partial charge is 0.106 e. The number of pyridine rings is 1. The average Bonchev–Trinajstić information content (AvgIpc) is 2.84. The van der Waals surface area contributed by atoms with Crippen LogP contribution in [0, 0.1) is 0 Å². The zero-order chi connectivity index (χ0) is 13.4. The molecule has 2 aliphatic rings. The van der Waals surface area contributed by atoms with Crippen LogP contribution >= 0.6 is 12.2 Å². The van der Waals surface area contributed by atoms with E-state index >= 15 is 0 Å². The van der Waals surface area contributed by atoms with E-state index in [0.717, 1.165) is 24.3 Å². The Bertz CT molecular complexity index is 490. The van der Waals surface area contributed by atoms with Gasteiger partial charge >= 0.3 is 0 Å². The Labute approximate surface area is 119 Å². The molecule has 5 heteroatoms. The van der Waals surface area contributed by atoms with Crippen molar-refractivity contribution in [1.29, 1.82) is 0 Å². The first-order valence-corrected chi connectivity index (χ1v) is 7.32. The maximum absolute atomic E-state index is 5.84. The molecule has 2 N–H and O–H groups in total. The first-order chi connectivity index (χ1) is 9.16. The molecule has 1 aromatic heterocycles. The first-order valence-electron chi connectivity index (χ1n) is 6.91. The highest BCUT2D eigenvalue weighted by atomic mass is 32.1. The molecule has 3 heterocycles. The molecular weight excluding hydrogens is 256 g/mol. The summed E-state index contributed by atoms with van der Waals surface area (Å²) in [6.45, 7) is 5.70. The Morgan fingerprint density at radius 3 is 3.11 bits per heavy atom. The number of aromatic nitrogens is 1. The molecule has 3 rings (SSSR count). The van der Waals surface area contributed by atoms with Gasteiger partial charge in [0.2, 0.25) is 0 Å². The maximum Gasteiger partial charge on any atom is 0.106 e. The summed E-state index contributed by atoms with van der Waals surface area (Å²) < 4.78 is 0. The van der Waals surface area contributed by atoms with Crippen LogP contribution in [-0.2, 0) is 0 Å².